The first-order valence-corrected chi connectivity index (χ1v) is 2.03. The zero-order valence-corrected chi connectivity index (χ0v) is 4.15. The molecule has 0 unspecified atom stereocenters. The van der Waals surface area contributed by atoms with Crippen LogP contribution in [-0.4, -0.2) is 5.97 Å². The van der Waals surface area contributed by atoms with Crippen LogP contribution >= 0.6 is 0 Å². The van der Waals surface area contributed by atoms with E-state index in [2.05, 4.69) is 10.5 Å². The fourth-order valence-electron chi connectivity index (χ4n) is 0.356. The Labute approximate surface area is 44.9 Å². The van der Waals surface area contributed by atoms with Crippen LogP contribution in [0.15, 0.2) is 16.6 Å². The van der Waals surface area contributed by atoms with Gasteiger partial charge in [0.15, 0.2) is 0 Å². The number of allylic oxidation sites excluding steroid dienone is 2. The molecule has 0 aromatic carbocycles. The summed E-state index contributed by atoms with van der Waals surface area (Å²) >= 11 is 0. The van der Waals surface area contributed by atoms with Gasteiger partial charge in [0.2, 0.25) is 5.83 Å². The minimum Gasteiger partial charge on any atom is -0.200 e. The predicted octanol–water partition coefficient (Wildman–Crippen LogP) is 1.09. The monoisotopic (exact) mass is 117 g/mol. The molecule has 1 radical (unpaired) electrons. The minimum absolute atomic E-state index is 0.00231. The molecule has 8 heavy (non-hydrogen) atoms. The van der Waals surface area contributed by atoms with Crippen LogP contribution in [0.4, 0.5) is 8.78 Å². The molecule has 0 amide bonds. The van der Waals surface area contributed by atoms with Crippen molar-refractivity contribution in [2.75, 3.05) is 0 Å². The largest absolute Gasteiger partial charge is 0.270 e. The van der Waals surface area contributed by atoms with E-state index in [4.69, 9.17) is 0 Å². The quantitative estimate of drug-likeness (QED) is 0.454. The molecule has 0 saturated heterocycles. The molecule has 0 aromatic rings. The van der Waals surface area contributed by atoms with Gasteiger partial charge in [-0.1, -0.05) is 0 Å². The van der Waals surface area contributed by atoms with Crippen molar-refractivity contribution in [2.24, 2.45) is 5.10 Å². The van der Waals surface area contributed by atoms with Crippen molar-refractivity contribution in [1.29, 1.82) is 0 Å². The Morgan fingerprint density at radius 1 is 1.38 bits per heavy atom. The Morgan fingerprint density at radius 2 is 2.00 bits per heavy atom. The lowest BCUT2D eigenvalue weighted by Gasteiger charge is -1.81. The molecule has 0 spiro atoms. The summed E-state index contributed by atoms with van der Waals surface area (Å²) in [6.45, 7) is 1.35. The summed E-state index contributed by atoms with van der Waals surface area (Å²) in [6, 6.07) is 0. The highest BCUT2D eigenvalue weighted by Gasteiger charge is 2.16. The SMILES string of the molecule is CC1=C(F)C(F)=N[N]1. The molecule has 0 atom stereocenters. The Morgan fingerprint density at radius 3 is 2.12 bits per heavy atom. The molecule has 0 aromatic heterocycles. The summed E-state index contributed by atoms with van der Waals surface area (Å²) in [5.74, 6) is -2.08. The molecule has 1 heterocycles. The maximum atomic E-state index is 12.0. The average Bonchev–Trinajstić information content (AvgIpc) is 1.98. The average molecular weight is 117 g/mol. The Balaban J connectivity index is 2.88. The first kappa shape index (κ1) is 5.21. The second-order valence-electron chi connectivity index (χ2n) is 1.39. The van der Waals surface area contributed by atoms with Crippen LogP contribution in [0.25, 0.3) is 0 Å². The third-order valence-electron chi connectivity index (χ3n) is 0.787. The van der Waals surface area contributed by atoms with Crippen molar-refractivity contribution < 1.29 is 8.78 Å². The molecule has 2 nitrogen and oxygen atoms in total. The van der Waals surface area contributed by atoms with Crippen molar-refractivity contribution in [3.63, 3.8) is 0 Å². The molecular formula is C4H3F2N2. The number of rotatable bonds is 0. The third-order valence-corrected chi connectivity index (χ3v) is 0.787. The van der Waals surface area contributed by atoms with Crippen molar-refractivity contribution in [1.82, 2.24) is 5.43 Å². The van der Waals surface area contributed by atoms with Gasteiger partial charge in [-0.25, -0.2) is 0 Å². The van der Waals surface area contributed by atoms with Gasteiger partial charge in [-0.15, -0.1) is 10.5 Å². The fourth-order valence-corrected chi connectivity index (χ4v) is 0.356. The zero-order chi connectivity index (χ0) is 6.15. The van der Waals surface area contributed by atoms with Gasteiger partial charge in [0, 0.05) is 0 Å². The Kier molecular flexibility index (Phi) is 1.00. The van der Waals surface area contributed by atoms with E-state index in [1.54, 1.807) is 0 Å². The number of nitrogens with zero attached hydrogens (tertiary/aromatic N) is 2. The molecule has 4 heteroatoms. The highest BCUT2D eigenvalue weighted by atomic mass is 19.2. The molecular weight excluding hydrogens is 114 g/mol. The molecule has 1 aliphatic rings. The summed E-state index contributed by atoms with van der Waals surface area (Å²) in [6.07, 6.45) is 0. The van der Waals surface area contributed by atoms with Crippen molar-refractivity contribution in [3.05, 3.63) is 11.5 Å². The fraction of sp³-hybridized carbons (Fsp3) is 0.250. The molecule has 0 aliphatic carbocycles. The molecule has 0 N–H and O–H groups in total. The topological polar surface area (TPSA) is 26.5 Å². The van der Waals surface area contributed by atoms with Crippen molar-refractivity contribution in [2.45, 2.75) is 6.92 Å². The summed E-state index contributed by atoms with van der Waals surface area (Å²) in [5, 5.41) is 2.82. The zero-order valence-electron chi connectivity index (χ0n) is 4.15. The van der Waals surface area contributed by atoms with Crippen LogP contribution < -0.4 is 5.43 Å². The highest BCUT2D eigenvalue weighted by molar-refractivity contribution is 5.92. The summed E-state index contributed by atoms with van der Waals surface area (Å²) in [7, 11) is 0. The standard InChI is InChI=1S/C4H3F2N2/c1-2-3(5)4(6)8-7-2/h1H3. The maximum absolute atomic E-state index is 12.0. The van der Waals surface area contributed by atoms with Gasteiger partial charge >= 0.3 is 0 Å². The first-order chi connectivity index (χ1) is 3.72. The summed E-state index contributed by atoms with van der Waals surface area (Å²) < 4.78 is 23.8. The highest BCUT2D eigenvalue weighted by Crippen LogP contribution is 2.13. The molecule has 1 aliphatic heterocycles. The minimum atomic E-state index is -1.12. The third kappa shape index (κ3) is 0.576. The molecule has 1 rings (SSSR count). The molecule has 0 fully saturated rings. The Bertz CT molecular complexity index is 165. The lowest BCUT2D eigenvalue weighted by atomic mass is 10.4. The van der Waals surface area contributed by atoms with Crippen molar-refractivity contribution in [3.8, 4) is 0 Å². The van der Waals surface area contributed by atoms with Gasteiger partial charge in [0.25, 0.3) is 5.97 Å². The van der Waals surface area contributed by atoms with E-state index in [1.165, 1.54) is 6.92 Å². The van der Waals surface area contributed by atoms with Gasteiger partial charge in [-0.2, -0.15) is 8.78 Å². The van der Waals surface area contributed by atoms with Crippen LogP contribution in [0.1, 0.15) is 6.92 Å². The van der Waals surface area contributed by atoms with E-state index >= 15 is 0 Å². The van der Waals surface area contributed by atoms with Crippen LogP contribution in [0.2, 0.25) is 0 Å². The van der Waals surface area contributed by atoms with Crippen LogP contribution in [0.5, 0.6) is 0 Å². The van der Waals surface area contributed by atoms with E-state index in [0.29, 0.717) is 0 Å². The predicted molar refractivity (Wildman–Crippen MR) is 24.5 cm³/mol. The molecule has 0 bridgehead atoms. The molecule has 43 valence electrons. The van der Waals surface area contributed by atoms with Crippen LogP contribution in [0.3, 0.4) is 0 Å². The van der Waals surface area contributed by atoms with Crippen molar-refractivity contribution >= 4 is 5.97 Å². The lowest BCUT2D eigenvalue weighted by Crippen LogP contribution is -1.84. The van der Waals surface area contributed by atoms with E-state index in [-0.39, 0.29) is 5.70 Å². The van der Waals surface area contributed by atoms with E-state index in [9.17, 15) is 8.78 Å². The van der Waals surface area contributed by atoms with E-state index in [1.807, 2.05) is 0 Å². The number of hydrogen-bond acceptors (Lipinski definition) is 1. The van der Waals surface area contributed by atoms with Gasteiger partial charge in [-0.3, -0.25) is 0 Å². The maximum Gasteiger partial charge on any atom is 0.270 e. The summed E-state index contributed by atoms with van der Waals surface area (Å²) in [5.41, 5.74) is 3.12. The van der Waals surface area contributed by atoms with Crippen LogP contribution in [0, 0.1) is 0 Å². The molecule has 0 saturated carbocycles. The van der Waals surface area contributed by atoms with Gasteiger partial charge in [0.1, 0.15) is 5.70 Å². The van der Waals surface area contributed by atoms with Crippen LogP contribution in [-0.2, 0) is 0 Å². The second-order valence-corrected chi connectivity index (χ2v) is 1.39. The smallest absolute Gasteiger partial charge is 0.200 e. The van der Waals surface area contributed by atoms with E-state index < -0.39 is 11.8 Å². The van der Waals surface area contributed by atoms with Gasteiger partial charge in [-0.05, 0) is 6.92 Å². The lowest BCUT2D eigenvalue weighted by molar-refractivity contribution is 0.638. The second kappa shape index (κ2) is 1.54. The normalized spacial score (nSPS) is 18.6. The summed E-state index contributed by atoms with van der Waals surface area (Å²) in [4.78, 5) is 0. The first-order valence-electron chi connectivity index (χ1n) is 2.03. The van der Waals surface area contributed by atoms with Gasteiger partial charge in [0.05, 0.1) is 0 Å². The van der Waals surface area contributed by atoms with Gasteiger partial charge < -0.3 is 0 Å². The Hall–Kier alpha value is -0.930. The number of hydrogen-bond donors (Lipinski definition) is 0. The van der Waals surface area contributed by atoms with E-state index in [0.717, 1.165) is 0 Å². The number of halogens is 2.